The molecule has 5 atom stereocenters. The van der Waals surface area contributed by atoms with Gasteiger partial charge in [-0.25, -0.2) is 14.2 Å². The summed E-state index contributed by atoms with van der Waals surface area (Å²) in [7, 11) is 0. The molecule has 1 aromatic heterocycles. The van der Waals surface area contributed by atoms with E-state index in [0.29, 0.717) is 5.39 Å². The van der Waals surface area contributed by atoms with Crippen LogP contribution in [0.15, 0.2) is 29.4 Å². The maximum absolute atomic E-state index is 14.9. The summed E-state index contributed by atoms with van der Waals surface area (Å²) < 4.78 is 85.5. The van der Waals surface area contributed by atoms with Gasteiger partial charge in [-0.05, 0) is 18.9 Å². The molecular weight excluding hydrogens is 454 g/mol. The average molecular weight is 467 g/mol. The van der Waals surface area contributed by atoms with Gasteiger partial charge in [0.1, 0.15) is 4.88 Å². The van der Waals surface area contributed by atoms with Crippen molar-refractivity contribution >= 4 is 45.1 Å². The molecule has 0 unspecified atom stereocenters. The number of hydrazone groups is 1. The fourth-order valence-corrected chi connectivity index (χ4v) is 6.73. The summed E-state index contributed by atoms with van der Waals surface area (Å²) in [5.74, 6) is -15.0. The third-order valence-corrected chi connectivity index (χ3v) is 8.37. The quantitative estimate of drug-likeness (QED) is 0.356. The monoisotopic (exact) mass is 466 g/mol. The van der Waals surface area contributed by atoms with Gasteiger partial charge in [0.15, 0.2) is 0 Å². The fourth-order valence-electron chi connectivity index (χ4n) is 5.33. The second kappa shape index (κ2) is 5.91. The van der Waals surface area contributed by atoms with Gasteiger partial charge in [-0.2, -0.15) is 22.7 Å². The average Bonchev–Trinajstić information content (AvgIpc) is 3.33. The molecule has 1 N–H and O–H groups in total. The summed E-state index contributed by atoms with van der Waals surface area (Å²) in [5.41, 5.74) is -5.62. The van der Waals surface area contributed by atoms with Gasteiger partial charge in [0.05, 0.1) is 5.02 Å². The SMILES string of the molecule is O=C(N/N=C\[C@@H]1C[C@H]2C[C@H]1[C@]1(F)C(F)(F)C(F)(F)[C@@]21F)c1sc2ccccc2c1Cl. The summed E-state index contributed by atoms with van der Waals surface area (Å²) >= 11 is 7.32. The van der Waals surface area contributed by atoms with E-state index in [1.165, 1.54) is 0 Å². The minimum atomic E-state index is -5.09. The van der Waals surface area contributed by atoms with E-state index >= 15 is 0 Å². The molecular formula is C19H13ClF6N2OS. The summed E-state index contributed by atoms with van der Waals surface area (Å²) in [6, 6.07) is 7.05. The van der Waals surface area contributed by atoms with Crippen LogP contribution in [0.2, 0.25) is 5.02 Å². The third kappa shape index (κ3) is 2.00. The van der Waals surface area contributed by atoms with Crippen LogP contribution in [-0.2, 0) is 0 Å². The normalized spacial score (nSPS) is 38.0. The largest absolute Gasteiger partial charge is 0.350 e. The Hall–Kier alpha value is -1.81. The Bertz CT molecular complexity index is 1110. The zero-order valence-corrected chi connectivity index (χ0v) is 16.5. The number of rotatable bonds is 3. The van der Waals surface area contributed by atoms with E-state index in [1.54, 1.807) is 24.3 Å². The van der Waals surface area contributed by atoms with Gasteiger partial charge >= 0.3 is 11.8 Å². The predicted molar refractivity (Wildman–Crippen MR) is 100 cm³/mol. The fraction of sp³-hybridized carbons (Fsp3) is 0.474. The van der Waals surface area contributed by atoms with Gasteiger partial charge in [0, 0.05) is 34.1 Å². The van der Waals surface area contributed by atoms with Gasteiger partial charge in [-0.3, -0.25) is 4.79 Å². The van der Waals surface area contributed by atoms with Crippen LogP contribution in [0, 0.1) is 17.8 Å². The third-order valence-electron chi connectivity index (χ3n) is 6.70. The van der Waals surface area contributed by atoms with E-state index in [2.05, 4.69) is 10.5 Å². The maximum atomic E-state index is 14.9. The molecule has 11 heteroatoms. The molecule has 0 aliphatic heterocycles. The van der Waals surface area contributed by atoms with E-state index in [9.17, 15) is 31.1 Å². The van der Waals surface area contributed by atoms with Crippen molar-refractivity contribution < 1.29 is 31.1 Å². The van der Waals surface area contributed by atoms with Crippen molar-refractivity contribution in [1.82, 2.24) is 5.43 Å². The van der Waals surface area contributed by atoms with Crippen LogP contribution in [0.4, 0.5) is 26.3 Å². The number of amides is 1. The maximum Gasteiger partial charge on any atom is 0.350 e. The Kier molecular flexibility index (Phi) is 3.96. The van der Waals surface area contributed by atoms with E-state index in [0.717, 1.165) is 22.3 Å². The van der Waals surface area contributed by atoms with Gasteiger partial charge in [0.2, 0.25) is 11.3 Å². The highest BCUT2D eigenvalue weighted by atomic mass is 35.5. The standard InChI is InChI=1S/C19H13ClF6N2OS/c20-13-10-3-1-2-4-12(10)30-14(13)15(29)28-27-7-8-5-9-6-11(8)17(22)16(9,21)18(23,24)19(17,25)26/h1-4,7-9,11H,5-6H2,(H,28,29)/b27-7-/t8-,9-,11+,16+,17+/m0/s1. The first-order chi connectivity index (χ1) is 14.0. The lowest BCUT2D eigenvalue weighted by atomic mass is 9.53. The molecule has 1 aromatic carbocycles. The Balaban J connectivity index is 1.33. The molecule has 3 aliphatic rings. The number of carbonyl (C=O) groups is 1. The van der Waals surface area contributed by atoms with Gasteiger partial charge < -0.3 is 0 Å². The molecule has 5 rings (SSSR count). The molecule has 3 saturated carbocycles. The van der Waals surface area contributed by atoms with Crippen LogP contribution < -0.4 is 5.43 Å². The first kappa shape index (κ1) is 20.1. The van der Waals surface area contributed by atoms with Crippen molar-refractivity contribution in [3.63, 3.8) is 0 Å². The topological polar surface area (TPSA) is 41.5 Å². The molecule has 3 fully saturated rings. The van der Waals surface area contributed by atoms with E-state index in [-0.39, 0.29) is 16.3 Å². The molecule has 2 aromatic rings. The molecule has 0 radical (unpaired) electrons. The number of thiophene rings is 1. The van der Waals surface area contributed by atoms with Crippen molar-refractivity contribution in [3.8, 4) is 0 Å². The molecule has 0 saturated heterocycles. The number of nitrogens with one attached hydrogen (secondary N) is 1. The van der Waals surface area contributed by atoms with Crippen LogP contribution in [-0.4, -0.2) is 35.3 Å². The highest BCUT2D eigenvalue weighted by Crippen LogP contribution is 2.81. The van der Waals surface area contributed by atoms with Crippen LogP contribution in [0.1, 0.15) is 22.5 Å². The molecule has 1 amide bonds. The van der Waals surface area contributed by atoms with Gasteiger partial charge in [-0.15, -0.1) is 11.3 Å². The van der Waals surface area contributed by atoms with Crippen LogP contribution >= 0.6 is 22.9 Å². The second-order valence-electron chi connectivity index (χ2n) is 7.97. The molecule has 30 heavy (non-hydrogen) atoms. The molecule has 160 valence electrons. The first-order valence-electron chi connectivity index (χ1n) is 9.12. The molecule has 0 spiro atoms. The smallest absolute Gasteiger partial charge is 0.266 e. The summed E-state index contributed by atoms with van der Waals surface area (Å²) in [6.45, 7) is 0. The van der Waals surface area contributed by atoms with Gasteiger partial charge in [0.25, 0.3) is 5.91 Å². The number of fused-ring (bicyclic) bond motifs is 6. The van der Waals surface area contributed by atoms with Crippen LogP contribution in [0.25, 0.3) is 10.1 Å². The second-order valence-corrected chi connectivity index (χ2v) is 9.40. The number of nitrogens with zero attached hydrogens (tertiary/aromatic N) is 1. The molecule has 3 aliphatic carbocycles. The number of hydrogen-bond donors (Lipinski definition) is 1. The lowest BCUT2D eigenvalue weighted by Crippen LogP contribution is -2.88. The van der Waals surface area contributed by atoms with Crippen LogP contribution in [0.3, 0.4) is 0 Å². The highest BCUT2D eigenvalue weighted by Gasteiger charge is 3.03. The van der Waals surface area contributed by atoms with Crippen LogP contribution in [0.5, 0.6) is 0 Å². The Morgan fingerprint density at radius 3 is 2.47 bits per heavy atom. The Morgan fingerprint density at radius 1 is 1.10 bits per heavy atom. The number of alkyl halides is 6. The zero-order chi connectivity index (χ0) is 21.7. The minimum Gasteiger partial charge on any atom is -0.266 e. The van der Waals surface area contributed by atoms with E-state index in [1.807, 2.05) is 0 Å². The van der Waals surface area contributed by atoms with Crippen molar-refractivity contribution in [1.29, 1.82) is 0 Å². The summed E-state index contributed by atoms with van der Waals surface area (Å²) in [5, 5.41) is 4.59. The Labute approximate surface area is 175 Å². The first-order valence-corrected chi connectivity index (χ1v) is 10.3. The van der Waals surface area contributed by atoms with E-state index < -0.39 is 53.3 Å². The number of benzene rings is 1. The zero-order valence-electron chi connectivity index (χ0n) is 14.9. The lowest BCUT2D eigenvalue weighted by molar-refractivity contribution is -0.449. The lowest BCUT2D eigenvalue weighted by Gasteiger charge is -2.61. The van der Waals surface area contributed by atoms with Crippen molar-refractivity contribution in [2.24, 2.45) is 22.9 Å². The molecule has 3 nitrogen and oxygen atoms in total. The van der Waals surface area contributed by atoms with Crippen molar-refractivity contribution in [2.75, 3.05) is 0 Å². The number of hydrogen-bond acceptors (Lipinski definition) is 3. The summed E-state index contributed by atoms with van der Waals surface area (Å²) in [6.07, 6.45) is 0.351. The minimum absolute atomic E-state index is 0.179. The number of halogens is 7. The molecule has 1 heterocycles. The highest BCUT2D eigenvalue weighted by molar-refractivity contribution is 7.21. The summed E-state index contributed by atoms with van der Waals surface area (Å²) in [4.78, 5) is 12.5. The molecule has 2 bridgehead atoms. The van der Waals surface area contributed by atoms with Gasteiger partial charge in [-0.1, -0.05) is 29.8 Å². The Morgan fingerprint density at radius 2 is 1.77 bits per heavy atom. The number of carbonyl (C=O) groups excluding carboxylic acids is 1. The van der Waals surface area contributed by atoms with E-state index in [4.69, 9.17) is 11.6 Å². The predicted octanol–water partition coefficient (Wildman–Crippen LogP) is 5.63. The van der Waals surface area contributed by atoms with Crippen molar-refractivity contribution in [3.05, 3.63) is 34.2 Å². The van der Waals surface area contributed by atoms with Crippen molar-refractivity contribution in [2.45, 2.75) is 36.0 Å².